The molecule has 8 heteroatoms. The highest BCUT2D eigenvalue weighted by atomic mass is 79.9. The van der Waals surface area contributed by atoms with E-state index in [0.717, 1.165) is 21.1 Å². The molecule has 2 heterocycles. The number of benzene rings is 1. The molecule has 0 spiro atoms. The number of carbonyl (C=O) groups is 3. The topological polar surface area (TPSA) is 87.6 Å². The lowest BCUT2D eigenvalue weighted by atomic mass is 10.3. The maximum Gasteiger partial charge on any atom is 0.338 e. The van der Waals surface area contributed by atoms with E-state index in [1.807, 2.05) is 0 Å². The average Bonchev–Trinajstić information content (AvgIpc) is 2.81. The highest BCUT2D eigenvalue weighted by Gasteiger charge is 2.40. The minimum Gasteiger partial charge on any atom is -0.478 e. The normalized spacial score (nSPS) is 17.4. The predicted octanol–water partition coefficient (Wildman–Crippen LogP) is 2.97. The fraction of sp³-hybridized carbons (Fsp3) is 0.125. The molecule has 122 valence electrons. The summed E-state index contributed by atoms with van der Waals surface area (Å²) in [6.07, 6.45) is 1.47. The van der Waals surface area contributed by atoms with Gasteiger partial charge in [-0.05, 0) is 30.3 Å². The fourth-order valence-corrected chi connectivity index (χ4v) is 3.86. The first-order valence-electron chi connectivity index (χ1n) is 6.94. The van der Waals surface area contributed by atoms with Crippen molar-refractivity contribution in [2.24, 2.45) is 0 Å². The second-order valence-corrected chi connectivity index (χ2v) is 7.13. The summed E-state index contributed by atoms with van der Waals surface area (Å²) in [4.78, 5) is 41.3. The Morgan fingerprint density at radius 3 is 2.79 bits per heavy atom. The minimum absolute atomic E-state index is 0.00560. The van der Waals surface area contributed by atoms with E-state index in [1.54, 1.807) is 24.3 Å². The third-order valence-electron chi connectivity index (χ3n) is 3.43. The van der Waals surface area contributed by atoms with Crippen molar-refractivity contribution in [1.82, 2.24) is 4.98 Å². The van der Waals surface area contributed by atoms with E-state index in [2.05, 4.69) is 20.9 Å². The molecule has 1 N–H and O–H groups in total. The first kappa shape index (κ1) is 16.7. The monoisotopic (exact) mass is 406 g/mol. The van der Waals surface area contributed by atoms with Gasteiger partial charge in [-0.3, -0.25) is 9.59 Å². The lowest BCUT2D eigenvalue weighted by Crippen LogP contribution is -2.31. The van der Waals surface area contributed by atoms with Crippen molar-refractivity contribution >= 4 is 51.2 Å². The number of hydrogen-bond acceptors (Lipinski definition) is 5. The molecule has 0 saturated carbocycles. The zero-order chi connectivity index (χ0) is 17.3. The van der Waals surface area contributed by atoms with Gasteiger partial charge in [0, 0.05) is 17.1 Å². The molecule has 1 aliphatic heterocycles. The maximum atomic E-state index is 12.6. The number of anilines is 1. The number of carbonyl (C=O) groups excluding carboxylic acids is 2. The second-order valence-electron chi connectivity index (χ2n) is 5.02. The molecule has 1 aliphatic rings. The molecule has 0 aliphatic carbocycles. The van der Waals surface area contributed by atoms with Gasteiger partial charge in [-0.1, -0.05) is 33.8 Å². The van der Waals surface area contributed by atoms with Crippen LogP contribution in [-0.2, 0) is 9.59 Å². The molecule has 6 nitrogen and oxygen atoms in total. The molecule has 2 amide bonds. The number of rotatable bonds is 4. The van der Waals surface area contributed by atoms with Gasteiger partial charge in [-0.25, -0.2) is 14.7 Å². The smallest absolute Gasteiger partial charge is 0.338 e. The fourth-order valence-electron chi connectivity index (χ4n) is 2.36. The van der Waals surface area contributed by atoms with E-state index < -0.39 is 11.2 Å². The van der Waals surface area contributed by atoms with Crippen molar-refractivity contribution in [3.63, 3.8) is 0 Å². The summed E-state index contributed by atoms with van der Waals surface area (Å²) in [7, 11) is 0. The van der Waals surface area contributed by atoms with E-state index in [4.69, 9.17) is 0 Å². The summed E-state index contributed by atoms with van der Waals surface area (Å²) in [5, 5.41) is 8.74. The molecule has 24 heavy (non-hydrogen) atoms. The molecule has 1 saturated heterocycles. The number of pyridine rings is 1. The minimum atomic E-state index is -1.12. The molecule has 1 aromatic carbocycles. The number of aromatic carboxylic acids is 1. The van der Waals surface area contributed by atoms with Gasteiger partial charge in [0.25, 0.3) is 0 Å². The number of aromatic nitrogens is 1. The summed E-state index contributed by atoms with van der Waals surface area (Å²) in [5.41, 5.74) is 0.505. The summed E-state index contributed by atoms with van der Waals surface area (Å²) in [6, 6.07) is 9.84. The van der Waals surface area contributed by atoms with E-state index in [-0.39, 0.29) is 28.8 Å². The quantitative estimate of drug-likeness (QED) is 0.785. The molecule has 1 aromatic heterocycles. The second kappa shape index (κ2) is 6.74. The lowest BCUT2D eigenvalue weighted by molar-refractivity contribution is -0.121. The van der Waals surface area contributed by atoms with Crippen LogP contribution in [0.2, 0.25) is 0 Å². The van der Waals surface area contributed by atoms with Crippen molar-refractivity contribution < 1.29 is 19.5 Å². The Labute approximate surface area is 150 Å². The van der Waals surface area contributed by atoms with Gasteiger partial charge in [-0.15, -0.1) is 0 Å². The van der Waals surface area contributed by atoms with Crippen LogP contribution in [0, 0.1) is 0 Å². The SMILES string of the molecule is O=C(O)c1cccnc1S[C@@H]1CC(=O)N(c2cccc(Br)c2)C1=O. The molecule has 0 unspecified atom stereocenters. The Kier molecular flexibility index (Phi) is 4.68. The van der Waals surface area contributed by atoms with Crippen LogP contribution in [0.5, 0.6) is 0 Å². The largest absolute Gasteiger partial charge is 0.478 e. The number of carboxylic acids is 1. The van der Waals surface area contributed by atoms with Gasteiger partial charge in [0.1, 0.15) is 5.03 Å². The van der Waals surface area contributed by atoms with Crippen LogP contribution in [-0.4, -0.2) is 33.1 Å². The molecule has 0 radical (unpaired) electrons. The van der Waals surface area contributed by atoms with Crippen LogP contribution in [0.3, 0.4) is 0 Å². The van der Waals surface area contributed by atoms with Crippen LogP contribution in [0.25, 0.3) is 0 Å². The molecular formula is C16H11BrN2O4S. The summed E-state index contributed by atoms with van der Waals surface area (Å²) in [5.74, 6) is -1.81. The highest BCUT2D eigenvalue weighted by molar-refractivity contribution is 9.10. The zero-order valence-corrected chi connectivity index (χ0v) is 14.6. The van der Waals surface area contributed by atoms with Gasteiger partial charge in [0.05, 0.1) is 16.5 Å². The van der Waals surface area contributed by atoms with Crippen LogP contribution in [0.15, 0.2) is 52.1 Å². The first-order chi connectivity index (χ1) is 11.5. The van der Waals surface area contributed by atoms with Gasteiger partial charge >= 0.3 is 5.97 Å². The predicted molar refractivity (Wildman–Crippen MR) is 92.1 cm³/mol. The van der Waals surface area contributed by atoms with Gasteiger partial charge in [0.15, 0.2) is 0 Å². The number of halogens is 1. The zero-order valence-electron chi connectivity index (χ0n) is 12.2. The Bertz CT molecular complexity index is 842. The van der Waals surface area contributed by atoms with E-state index >= 15 is 0 Å². The number of thioether (sulfide) groups is 1. The van der Waals surface area contributed by atoms with Gasteiger partial charge in [0.2, 0.25) is 11.8 Å². The van der Waals surface area contributed by atoms with Gasteiger partial charge in [-0.2, -0.15) is 0 Å². The molecule has 2 aromatic rings. The molecular weight excluding hydrogens is 396 g/mol. The van der Waals surface area contributed by atoms with Crippen molar-refractivity contribution in [3.8, 4) is 0 Å². The van der Waals surface area contributed by atoms with Crippen molar-refractivity contribution in [3.05, 3.63) is 52.6 Å². The van der Waals surface area contributed by atoms with Crippen LogP contribution in [0.1, 0.15) is 16.8 Å². The lowest BCUT2D eigenvalue weighted by Gasteiger charge is -2.15. The third-order valence-corrected chi connectivity index (χ3v) is 5.12. The molecule has 0 bridgehead atoms. The first-order valence-corrected chi connectivity index (χ1v) is 8.62. The summed E-state index contributed by atoms with van der Waals surface area (Å²) in [6.45, 7) is 0. The van der Waals surface area contributed by atoms with E-state index in [9.17, 15) is 19.5 Å². The summed E-state index contributed by atoms with van der Waals surface area (Å²) < 4.78 is 0.759. The standard InChI is InChI=1S/C16H11BrN2O4S/c17-9-3-1-4-10(7-9)19-13(20)8-12(15(19)21)24-14-11(16(22)23)5-2-6-18-14/h1-7,12H,8H2,(H,22,23)/t12-/m1/s1. The van der Waals surface area contributed by atoms with E-state index in [1.165, 1.54) is 18.3 Å². The number of amides is 2. The number of imide groups is 1. The highest BCUT2D eigenvalue weighted by Crippen LogP contribution is 2.35. The van der Waals surface area contributed by atoms with Crippen LogP contribution >= 0.6 is 27.7 Å². The van der Waals surface area contributed by atoms with E-state index in [0.29, 0.717) is 5.69 Å². The number of nitrogens with zero attached hydrogens (tertiary/aromatic N) is 2. The molecule has 1 fully saturated rings. The Morgan fingerprint density at radius 1 is 1.29 bits per heavy atom. The average molecular weight is 407 g/mol. The van der Waals surface area contributed by atoms with Gasteiger partial charge < -0.3 is 5.11 Å². The van der Waals surface area contributed by atoms with Crippen LogP contribution in [0.4, 0.5) is 5.69 Å². The maximum absolute atomic E-state index is 12.6. The Hall–Kier alpha value is -2.19. The summed E-state index contributed by atoms with van der Waals surface area (Å²) >= 11 is 4.32. The van der Waals surface area contributed by atoms with Crippen molar-refractivity contribution in [2.45, 2.75) is 16.7 Å². The number of carboxylic acid groups (broad SMARTS) is 1. The number of hydrogen-bond donors (Lipinski definition) is 1. The third kappa shape index (κ3) is 3.20. The molecule has 3 rings (SSSR count). The Morgan fingerprint density at radius 2 is 2.08 bits per heavy atom. The molecule has 1 atom stereocenters. The van der Waals surface area contributed by atoms with Crippen molar-refractivity contribution in [1.29, 1.82) is 0 Å². The Balaban J connectivity index is 1.86. The van der Waals surface area contributed by atoms with Crippen molar-refractivity contribution in [2.75, 3.05) is 4.90 Å². The van der Waals surface area contributed by atoms with Crippen LogP contribution < -0.4 is 4.90 Å².